The molecule has 0 radical (unpaired) electrons. The summed E-state index contributed by atoms with van der Waals surface area (Å²) in [5, 5.41) is 6.96. The number of aromatic nitrogens is 1. The monoisotopic (exact) mass is 430 g/mol. The van der Waals surface area contributed by atoms with Gasteiger partial charge in [-0.15, -0.1) is 11.3 Å². The van der Waals surface area contributed by atoms with Gasteiger partial charge < -0.3 is 5.32 Å². The molecule has 0 aliphatic rings. The molecule has 3 aromatic rings. The van der Waals surface area contributed by atoms with Crippen LogP contribution in [0.3, 0.4) is 0 Å². The molecule has 0 aliphatic heterocycles. The van der Waals surface area contributed by atoms with Crippen molar-refractivity contribution in [3.8, 4) is 10.4 Å². The van der Waals surface area contributed by atoms with Crippen molar-refractivity contribution >= 4 is 57.7 Å². The third-order valence-corrected chi connectivity index (χ3v) is 5.86. The molecule has 0 atom stereocenters. The predicted molar refractivity (Wildman–Crippen MR) is 109 cm³/mol. The lowest BCUT2D eigenvalue weighted by atomic mass is 10.1. The quantitative estimate of drug-likeness (QED) is 0.436. The van der Waals surface area contributed by atoms with E-state index in [0.717, 1.165) is 34.0 Å². The molecule has 1 heterocycles. The van der Waals surface area contributed by atoms with Crippen molar-refractivity contribution < 1.29 is 0 Å². The van der Waals surface area contributed by atoms with Gasteiger partial charge >= 0.3 is 0 Å². The van der Waals surface area contributed by atoms with Crippen molar-refractivity contribution in [2.24, 2.45) is 0 Å². The van der Waals surface area contributed by atoms with Crippen LogP contribution in [-0.4, -0.2) is 11.5 Å². The molecule has 3 rings (SSSR count). The topological polar surface area (TPSA) is 24.9 Å². The second-order valence-electron chi connectivity index (χ2n) is 5.38. The zero-order valence-corrected chi connectivity index (χ0v) is 16.9. The minimum absolute atomic E-state index is 0.632. The van der Waals surface area contributed by atoms with E-state index in [1.165, 1.54) is 0 Å². The summed E-state index contributed by atoms with van der Waals surface area (Å²) in [4.78, 5) is 5.41. The van der Waals surface area contributed by atoms with Gasteiger partial charge in [-0.1, -0.05) is 58.5 Å². The SMILES string of the molecule is Clc1ccc(CCNCc2ncc(-c3c(Cl)cccc3Cl)s2)c(Cl)c1. The number of benzene rings is 2. The van der Waals surface area contributed by atoms with Crippen molar-refractivity contribution in [1.29, 1.82) is 0 Å². The first kappa shape index (κ1) is 19.0. The van der Waals surface area contributed by atoms with Gasteiger partial charge in [0.1, 0.15) is 5.01 Å². The molecule has 0 saturated heterocycles. The molecular formula is C18H14Cl4N2S. The van der Waals surface area contributed by atoms with Crippen LogP contribution in [0, 0.1) is 0 Å². The number of nitrogens with one attached hydrogen (secondary N) is 1. The van der Waals surface area contributed by atoms with Gasteiger partial charge in [0.2, 0.25) is 0 Å². The third kappa shape index (κ3) is 4.88. The van der Waals surface area contributed by atoms with Crippen molar-refractivity contribution in [1.82, 2.24) is 10.3 Å². The first-order valence-electron chi connectivity index (χ1n) is 7.58. The Morgan fingerprint density at radius 2 is 1.72 bits per heavy atom. The maximum atomic E-state index is 6.25. The fraction of sp³-hybridized carbons (Fsp3) is 0.167. The Balaban J connectivity index is 1.57. The lowest BCUT2D eigenvalue weighted by molar-refractivity contribution is 0.684. The standard InChI is InChI=1S/C18H14Cl4N2S/c19-12-5-4-11(15(22)8-12)6-7-23-10-17-24-9-16(25-17)18-13(20)2-1-3-14(18)21/h1-5,8-9,23H,6-7,10H2. The minimum Gasteiger partial charge on any atom is -0.310 e. The van der Waals surface area contributed by atoms with Gasteiger partial charge in [-0.05, 0) is 42.8 Å². The molecule has 130 valence electrons. The van der Waals surface area contributed by atoms with Crippen LogP contribution >= 0.6 is 57.7 Å². The van der Waals surface area contributed by atoms with Crippen LogP contribution in [0.25, 0.3) is 10.4 Å². The van der Waals surface area contributed by atoms with Crippen LogP contribution in [0.2, 0.25) is 20.1 Å². The van der Waals surface area contributed by atoms with Gasteiger partial charge in [0.05, 0.1) is 14.9 Å². The second-order valence-corrected chi connectivity index (χ2v) is 8.15. The molecule has 1 aromatic heterocycles. The number of hydrogen-bond acceptors (Lipinski definition) is 3. The number of hydrogen-bond donors (Lipinski definition) is 1. The average Bonchev–Trinajstić information content (AvgIpc) is 3.01. The third-order valence-electron chi connectivity index (χ3n) is 3.63. The van der Waals surface area contributed by atoms with E-state index in [1.54, 1.807) is 17.4 Å². The summed E-state index contributed by atoms with van der Waals surface area (Å²) in [5.74, 6) is 0. The highest BCUT2D eigenvalue weighted by Gasteiger charge is 2.11. The zero-order chi connectivity index (χ0) is 17.8. The highest BCUT2D eigenvalue weighted by molar-refractivity contribution is 7.15. The summed E-state index contributed by atoms with van der Waals surface area (Å²) in [7, 11) is 0. The minimum atomic E-state index is 0.632. The largest absolute Gasteiger partial charge is 0.310 e. The fourth-order valence-electron chi connectivity index (χ4n) is 2.38. The smallest absolute Gasteiger partial charge is 0.107 e. The van der Waals surface area contributed by atoms with Gasteiger partial charge in [0.15, 0.2) is 0 Å². The number of thiazole rings is 1. The summed E-state index contributed by atoms with van der Waals surface area (Å²) in [6.45, 7) is 1.47. The van der Waals surface area contributed by atoms with Gasteiger partial charge in [-0.25, -0.2) is 4.98 Å². The number of nitrogens with zero attached hydrogens (tertiary/aromatic N) is 1. The summed E-state index contributed by atoms with van der Waals surface area (Å²) in [5.41, 5.74) is 1.91. The van der Waals surface area contributed by atoms with Crippen molar-refractivity contribution in [2.45, 2.75) is 13.0 Å². The van der Waals surface area contributed by atoms with Crippen LogP contribution in [0.4, 0.5) is 0 Å². The predicted octanol–water partition coefficient (Wildman–Crippen LogP) is 6.76. The zero-order valence-electron chi connectivity index (χ0n) is 13.0. The van der Waals surface area contributed by atoms with Gasteiger partial charge in [-0.2, -0.15) is 0 Å². The highest BCUT2D eigenvalue weighted by Crippen LogP contribution is 2.37. The van der Waals surface area contributed by atoms with Crippen molar-refractivity contribution in [3.05, 3.63) is 73.3 Å². The first-order chi connectivity index (χ1) is 12.0. The van der Waals surface area contributed by atoms with Crippen LogP contribution in [0.15, 0.2) is 42.6 Å². The molecule has 7 heteroatoms. The van der Waals surface area contributed by atoms with Crippen LogP contribution < -0.4 is 5.32 Å². The molecule has 0 spiro atoms. The molecule has 2 nitrogen and oxygen atoms in total. The summed E-state index contributed by atoms with van der Waals surface area (Å²) in [6.07, 6.45) is 2.63. The summed E-state index contributed by atoms with van der Waals surface area (Å²) in [6, 6.07) is 11.1. The van der Waals surface area contributed by atoms with Crippen molar-refractivity contribution in [2.75, 3.05) is 6.54 Å². The Hall–Kier alpha value is -0.810. The number of halogens is 4. The Labute approximate surface area is 170 Å². The maximum absolute atomic E-state index is 6.25. The molecular weight excluding hydrogens is 418 g/mol. The lowest BCUT2D eigenvalue weighted by Crippen LogP contribution is -2.16. The molecule has 0 aliphatic carbocycles. The Bertz CT molecular complexity index is 859. The number of rotatable bonds is 6. The Kier molecular flexibility index (Phi) is 6.61. The van der Waals surface area contributed by atoms with Gasteiger partial charge in [0, 0.05) is 28.4 Å². The van der Waals surface area contributed by atoms with E-state index in [2.05, 4.69) is 10.3 Å². The van der Waals surface area contributed by atoms with Gasteiger partial charge in [0.25, 0.3) is 0 Å². The van der Waals surface area contributed by atoms with E-state index in [0.29, 0.717) is 26.6 Å². The van der Waals surface area contributed by atoms with Crippen LogP contribution in [0.1, 0.15) is 10.6 Å². The molecule has 2 aromatic carbocycles. The Morgan fingerprint density at radius 3 is 2.44 bits per heavy atom. The maximum Gasteiger partial charge on any atom is 0.107 e. The molecule has 0 bridgehead atoms. The van der Waals surface area contributed by atoms with E-state index in [4.69, 9.17) is 46.4 Å². The molecule has 0 amide bonds. The van der Waals surface area contributed by atoms with E-state index in [-0.39, 0.29) is 0 Å². The summed E-state index contributed by atoms with van der Waals surface area (Å²) >= 11 is 26.2. The van der Waals surface area contributed by atoms with E-state index >= 15 is 0 Å². The van der Waals surface area contributed by atoms with E-state index in [1.807, 2.05) is 36.5 Å². The van der Waals surface area contributed by atoms with E-state index in [9.17, 15) is 0 Å². The Morgan fingerprint density at radius 1 is 0.960 bits per heavy atom. The molecule has 25 heavy (non-hydrogen) atoms. The van der Waals surface area contributed by atoms with Gasteiger partial charge in [-0.3, -0.25) is 0 Å². The first-order valence-corrected chi connectivity index (χ1v) is 9.91. The summed E-state index contributed by atoms with van der Waals surface area (Å²) < 4.78 is 0. The second kappa shape index (κ2) is 8.72. The van der Waals surface area contributed by atoms with Crippen LogP contribution in [0.5, 0.6) is 0 Å². The molecule has 1 N–H and O–H groups in total. The lowest BCUT2D eigenvalue weighted by Gasteiger charge is -2.06. The molecule has 0 saturated carbocycles. The van der Waals surface area contributed by atoms with Crippen molar-refractivity contribution in [3.63, 3.8) is 0 Å². The average molecular weight is 432 g/mol. The highest BCUT2D eigenvalue weighted by atomic mass is 35.5. The fourth-order valence-corrected chi connectivity index (χ4v) is 4.56. The van der Waals surface area contributed by atoms with Crippen LogP contribution in [-0.2, 0) is 13.0 Å². The normalized spacial score (nSPS) is 11.0. The molecule has 0 unspecified atom stereocenters. The van der Waals surface area contributed by atoms with E-state index < -0.39 is 0 Å². The molecule has 0 fully saturated rings.